The minimum Gasteiger partial charge on any atom is -0.339 e. The molecule has 0 saturated carbocycles. The van der Waals surface area contributed by atoms with Crippen molar-refractivity contribution in [3.63, 3.8) is 0 Å². The van der Waals surface area contributed by atoms with E-state index >= 15 is 0 Å². The first-order valence-corrected chi connectivity index (χ1v) is 9.37. The number of benzene rings is 2. The molecular formula is C19H19ClN2O4. The summed E-state index contributed by atoms with van der Waals surface area (Å²) in [6.07, 6.45) is 3.41. The van der Waals surface area contributed by atoms with Gasteiger partial charge in [-0.25, -0.2) is 23.2 Å². The summed E-state index contributed by atoms with van der Waals surface area (Å²) >= 11 is 0. The standard InChI is InChI=1S/C19H19N2.ClHO4/c1-20-12-11-19-17(14-20)16-9-5-6-10-18(16)21(19)13-15-7-3-2-4-8-15;2-1(3,4)5/h2-10,14H,11-13H2,1H3;(H,2,3,4,5)/q+1;/p-1. The molecule has 0 saturated heterocycles. The number of likely N-dealkylation sites (N-methyl/N-ethyl adjacent to an activating group) is 1. The van der Waals surface area contributed by atoms with Crippen molar-refractivity contribution in [2.24, 2.45) is 0 Å². The predicted octanol–water partition coefficient (Wildman–Crippen LogP) is -1.45. The van der Waals surface area contributed by atoms with Crippen molar-refractivity contribution in [1.29, 1.82) is 0 Å². The Bertz CT molecular complexity index is 924. The van der Waals surface area contributed by atoms with Gasteiger partial charge in [0.2, 0.25) is 0 Å². The lowest BCUT2D eigenvalue weighted by Gasteiger charge is -2.17. The van der Waals surface area contributed by atoms with E-state index in [1.165, 1.54) is 27.7 Å². The van der Waals surface area contributed by atoms with Crippen molar-refractivity contribution in [3.05, 3.63) is 71.4 Å². The van der Waals surface area contributed by atoms with Crippen LogP contribution in [0.5, 0.6) is 0 Å². The van der Waals surface area contributed by atoms with Gasteiger partial charge in [-0.1, -0.05) is 48.5 Å². The lowest BCUT2D eigenvalue weighted by Crippen LogP contribution is -2.68. The molecule has 136 valence electrons. The average Bonchev–Trinajstić information content (AvgIpc) is 2.88. The maximum atomic E-state index is 8.49. The van der Waals surface area contributed by atoms with Crippen molar-refractivity contribution < 1.29 is 33.5 Å². The van der Waals surface area contributed by atoms with Crippen LogP contribution in [-0.2, 0) is 13.0 Å². The van der Waals surface area contributed by atoms with Crippen LogP contribution in [0.3, 0.4) is 0 Å². The van der Waals surface area contributed by atoms with Gasteiger partial charge in [0.25, 0.3) is 0 Å². The van der Waals surface area contributed by atoms with Crippen LogP contribution in [0.15, 0.2) is 54.6 Å². The van der Waals surface area contributed by atoms with E-state index in [0.717, 1.165) is 19.5 Å². The third kappa shape index (κ3) is 4.49. The van der Waals surface area contributed by atoms with Crippen LogP contribution in [-0.4, -0.2) is 28.9 Å². The molecule has 1 aromatic heterocycles. The van der Waals surface area contributed by atoms with Gasteiger partial charge in [0, 0.05) is 29.6 Å². The highest BCUT2D eigenvalue weighted by Gasteiger charge is 2.22. The molecule has 0 unspecified atom stereocenters. The highest BCUT2D eigenvalue weighted by atomic mass is 35.7. The van der Waals surface area contributed by atoms with Gasteiger partial charge in [-0.2, -0.15) is 0 Å². The first kappa shape index (κ1) is 18.6. The zero-order chi connectivity index (χ0) is 18.7. The first-order chi connectivity index (χ1) is 12.3. The Kier molecular flexibility index (Phi) is 5.41. The van der Waals surface area contributed by atoms with Crippen LogP contribution in [0.4, 0.5) is 0 Å². The summed E-state index contributed by atoms with van der Waals surface area (Å²) in [4.78, 5) is 0. The van der Waals surface area contributed by atoms with Crippen molar-refractivity contribution in [3.8, 4) is 0 Å². The van der Waals surface area contributed by atoms with E-state index in [1.54, 1.807) is 0 Å². The van der Waals surface area contributed by atoms with Crippen LogP contribution in [0.25, 0.3) is 10.9 Å². The molecule has 1 aliphatic heterocycles. The number of fused-ring (bicyclic) bond motifs is 3. The van der Waals surface area contributed by atoms with Crippen LogP contribution in [0.2, 0.25) is 0 Å². The van der Waals surface area contributed by atoms with E-state index in [2.05, 4.69) is 77.0 Å². The molecule has 0 amide bonds. The molecule has 0 radical (unpaired) electrons. The molecule has 0 N–H and O–H groups in total. The minimum atomic E-state index is -4.94. The lowest BCUT2D eigenvalue weighted by molar-refractivity contribution is -2.00. The summed E-state index contributed by atoms with van der Waals surface area (Å²) in [7, 11) is -2.79. The van der Waals surface area contributed by atoms with E-state index in [0.29, 0.717) is 0 Å². The second-order valence-corrected chi connectivity index (χ2v) is 6.94. The molecule has 1 aliphatic rings. The van der Waals surface area contributed by atoms with E-state index in [-0.39, 0.29) is 0 Å². The zero-order valence-corrected chi connectivity index (χ0v) is 15.1. The van der Waals surface area contributed by atoms with Crippen LogP contribution in [0.1, 0.15) is 16.8 Å². The molecule has 6 nitrogen and oxygen atoms in total. The van der Waals surface area contributed by atoms with E-state index in [4.69, 9.17) is 18.6 Å². The third-order valence-electron chi connectivity index (χ3n) is 4.36. The Morgan fingerprint density at radius 3 is 2.27 bits per heavy atom. The highest BCUT2D eigenvalue weighted by Crippen LogP contribution is 2.28. The van der Waals surface area contributed by atoms with Gasteiger partial charge in [0.05, 0.1) is 5.56 Å². The largest absolute Gasteiger partial charge is 0.339 e. The minimum absolute atomic E-state index is 0.953. The van der Waals surface area contributed by atoms with Gasteiger partial charge in [-0.15, -0.1) is 10.2 Å². The second kappa shape index (κ2) is 7.57. The number of aromatic nitrogens is 1. The SMILES string of the molecule is C[N+]1=Cc2c(n(Cc3ccccc3)c3ccccc23)CC1.[O-][Cl+3]([O-])([O-])[O-]. The Labute approximate surface area is 153 Å². The summed E-state index contributed by atoms with van der Waals surface area (Å²) in [5.74, 6) is 0. The fraction of sp³-hybridized carbons (Fsp3) is 0.211. The first-order valence-electron chi connectivity index (χ1n) is 8.14. The molecule has 4 rings (SSSR count). The van der Waals surface area contributed by atoms with Gasteiger partial charge in [0.1, 0.15) is 13.6 Å². The molecule has 0 aliphatic carbocycles. The molecule has 0 atom stereocenters. The molecule has 26 heavy (non-hydrogen) atoms. The van der Waals surface area contributed by atoms with Crippen molar-refractivity contribution in [2.75, 3.05) is 13.6 Å². The van der Waals surface area contributed by atoms with Crippen LogP contribution >= 0.6 is 0 Å². The van der Waals surface area contributed by atoms with E-state index in [1.807, 2.05) is 0 Å². The van der Waals surface area contributed by atoms with Gasteiger partial charge < -0.3 is 4.57 Å². The average molecular weight is 375 g/mol. The monoisotopic (exact) mass is 374 g/mol. The fourth-order valence-electron chi connectivity index (χ4n) is 3.31. The normalized spacial score (nSPS) is 13.7. The molecule has 0 fully saturated rings. The summed E-state index contributed by atoms with van der Waals surface area (Å²) in [5, 5.41) is 1.37. The number of para-hydroxylation sites is 1. The van der Waals surface area contributed by atoms with Gasteiger partial charge >= 0.3 is 0 Å². The highest BCUT2D eigenvalue weighted by molar-refractivity contribution is 6.00. The van der Waals surface area contributed by atoms with E-state index < -0.39 is 10.2 Å². The third-order valence-corrected chi connectivity index (χ3v) is 4.36. The lowest BCUT2D eigenvalue weighted by atomic mass is 10.1. The fourth-order valence-corrected chi connectivity index (χ4v) is 3.31. The quantitative estimate of drug-likeness (QED) is 0.512. The number of halogens is 1. The van der Waals surface area contributed by atoms with Gasteiger partial charge in [-0.3, -0.25) is 0 Å². The Hall–Kier alpha value is -2.22. The van der Waals surface area contributed by atoms with Crippen LogP contribution < -0.4 is 18.6 Å². The maximum Gasteiger partial charge on any atom is 0.172 e. The Morgan fingerprint density at radius 1 is 0.962 bits per heavy atom. The zero-order valence-electron chi connectivity index (χ0n) is 14.3. The molecule has 7 heteroatoms. The molecule has 0 bridgehead atoms. The van der Waals surface area contributed by atoms with Gasteiger partial charge in [-0.05, 0) is 11.6 Å². The summed E-state index contributed by atoms with van der Waals surface area (Å²) in [6.45, 7) is 2.05. The van der Waals surface area contributed by atoms with Crippen molar-refractivity contribution >= 4 is 17.1 Å². The summed E-state index contributed by atoms with van der Waals surface area (Å²) < 4.78 is 38.8. The maximum absolute atomic E-state index is 8.49. The second-order valence-electron chi connectivity index (χ2n) is 6.19. The Balaban J connectivity index is 0.000000349. The molecule has 0 spiro atoms. The van der Waals surface area contributed by atoms with Crippen molar-refractivity contribution in [2.45, 2.75) is 13.0 Å². The van der Waals surface area contributed by atoms with E-state index in [9.17, 15) is 0 Å². The number of hydrogen-bond donors (Lipinski definition) is 0. The molecule has 3 aromatic rings. The number of hydrogen-bond acceptors (Lipinski definition) is 4. The smallest absolute Gasteiger partial charge is 0.172 e. The predicted molar refractivity (Wildman–Crippen MR) is 87.4 cm³/mol. The van der Waals surface area contributed by atoms with Gasteiger partial charge in [0.15, 0.2) is 6.21 Å². The summed E-state index contributed by atoms with van der Waals surface area (Å²) in [5.41, 5.74) is 5.58. The Morgan fingerprint density at radius 2 is 1.58 bits per heavy atom. The topological polar surface area (TPSA) is 100 Å². The van der Waals surface area contributed by atoms with Crippen molar-refractivity contribution in [1.82, 2.24) is 4.57 Å². The number of nitrogens with zero attached hydrogens (tertiary/aromatic N) is 2. The number of rotatable bonds is 2. The molecule has 2 heterocycles. The molecular weight excluding hydrogens is 356 g/mol. The summed E-state index contributed by atoms with van der Waals surface area (Å²) in [6, 6.07) is 19.5. The molecule has 2 aromatic carbocycles. The van der Waals surface area contributed by atoms with Crippen LogP contribution in [0, 0.1) is 10.2 Å².